The summed E-state index contributed by atoms with van der Waals surface area (Å²) in [5, 5.41) is 6.39. The van der Waals surface area contributed by atoms with Crippen LogP contribution in [0.1, 0.15) is 99.3 Å². The number of piperidine rings is 1. The van der Waals surface area contributed by atoms with Crippen LogP contribution in [0.3, 0.4) is 0 Å². The lowest BCUT2D eigenvalue weighted by atomic mass is 9.64. The Hall–Kier alpha value is -1.12. The minimum absolute atomic E-state index is 0.00323. The maximum absolute atomic E-state index is 13.8. The van der Waals surface area contributed by atoms with Crippen molar-refractivity contribution in [3.63, 3.8) is 0 Å². The Morgan fingerprint density at radius 1 is 1.03 bits per heavy atom. The summed E-state index contributed by atoms with van der Waals surface area (Å²) in [7, 11) is -0.223. The van der Waals surface area contributed by atoms with Gasteiger partial charge in [0, 0.05) is 25.9 Å². The molecule has 2 amide bonds. The van der Waals surface area contributed by atoms with Crippen LogP contribution in [0.15, 0.2) is 0 Å². The van der Waals surface area contributed by atoms with Crippen molar-refractivity contribution in [3.05, 3.63) is 0 Å². The van der Waals surface area contributed by atoms with Gasteiger partial charge in [0.25, 0.3) is 0 Å². The Balaban J connectivity index is 1.74. The second-order valence-corrected chi connectivity index (χ2v) is 12.2. The van der Waals surface area contributed by atoms with Crippen LogP contribution < -0.4 is 10.6 Å². The van der Waals surface area contributed by atoms with E-state index in [1.54, 1.807) is 6.92 Å². The second-order valence-electron chi connectivity index (χ2n) is 12.2. The molecular weight excluding hydrogens is 441 g/mol. The van der Waals surface area contributed by atoms with Gasteiger partial charge in [-0.25, -0.2) is 0 Å². The molecule has 7 nitrogen and oxygen atoms in total. The van der Waals surface area contributed by atoms with E-state index in [9.17, 15) is 9.59 Å². The molecule has 0 unspecified atom stereocenters. The molecule has 0 aromatic heterocycles. The van der Waals surface area contributed by atoms with Gasteiger partial charge >= 0.3 is 7.12 Å². The van der Waals surface area contributed by atoms with Crippen LogP contribution in [0.4, 0.5) is 0 Å². The zero-order valence-electron chi connectivity index (χ0n) is 23.2. The van der Waals surface area contributed by atoms with Gasteiger partial charge in [0.1, 0.15) is 5.54 Å². The number of likely N-dealkylation sites (tertiary alicyclic amines) is 1. The Morgan fingerprint density at radius 3 is 2.29 bits per heavy atom. The van der Waals surface area contributed by atoms with Crippen LogP contribution >= 0.6 is 0 Å². The highest BCUT2D eigenvalue weighted by Crippen LogP contribution is 2.43. The zero-order chi connectivity index (χ0) is 25.7. The first-order valence-corrected chi connectivity index (χ1v) is 14.1. The largest absolute Gasteiger partial charge is 0.457 e. The molecule has 3 aliphatic rings. The first-order chi connectivity index (χ1) is 16.5. The van der Waals surface area contributed by atoms with E-state index in [2.05, 4.69) is 50.2 Å². The molecule has 0 spiro atoms. The second kappa shape index (κ2) is 12.0. The molecule has 2 aliphatic heterocycles. The van der Waals surface area contributed by atoms with Crippen molar-refractivity contribution in [3.8, 4) is 0 Å². The fourth-order valence-electron chi connectivity index (χ4n) is 6.15. The van der Waals surface area contributed by atoms with Crippen molar-refractivity contribution in [2.75, 3.05) is 26.2 Å². The quantitative estimate of drug-likeness (QED) is 0.354. The van der Waals surface area contributed by atoms with Crippen molar-refractivity contribution < 1.29 is 18.9 Å². The van der Waals surface area contributed by atoms with Gasteiger partial charge in [-0.15, -0.1) is 0 Å². The third-order valence-corrected chi connectivity index (χ3v) is 8.89. The van der Waals surface area contributed by atoms with Crippen molar-refractivity contribution in [2.45, 2.75) is 122 Å². The smallest absolute Gasteiger partial charge is 0.403 e. The molecule has 3 atom stereocenters. The van der Waals surface area contributed by atoms with E-state index in [0.717, 1.165) is 58.1 Å². The lowest BCUT2D eigenvalue weighted by Gasteiger charge is -2.48. The van der Waals surface area contributed by atoms with E-state index >= 15 is 0 Å². The van der Waals surface area contributed by atoms with E-state index in [0.29, 0.717) is 18.9 Å². The molecule has 3 fully saturated rings. The Bertz CT molecular complexity index is 709. The highest BCUT2D eigenvalue weighted by molar-refractivity contribution is 6.45. The summed E-state index contributed by atoms with van der Waals surface area (Å²) in [4.78, 5) is 28.7. The number of rotatable bonds is 10. The molecular formula is C27H50BN3O4. The topological polar surface area (TPSA) is 79.9 Å². The lowest BCUT2D eigenvalue weighted by molar-refractivity contribution is -0.138. The normalized spacial score (nSPS) is 30.7. The highest BCUT2D eigenvalue weighted by Gasteiger charge is 2.53. The van der Waals surface area contributed by atoms with Gasteiger partial charge in [0.05, 0.1) is 11.2 Å². The molecule has 2 N–H and O–H groups in total. The number of unbranched alkanes of at least 4 members (excludes halogenated alkanes) is 1. The van der Waals surface area contributed by atoms with Gasteiger partial charge in [-0.1, -0.05) is 26.2 Å². The number of nitrogens with one attached hydrogen (secondary N) is 2. The third-order valence-electron chi connectivity index (χ3n) is 8.89. The molecule has 200 valence electrons. The molecule has 2 heterocycles. The number of carbonyl (C=O) groups is 2. The Labute approximate surface area is 214 Å². The third kappa shape index (κ3) is 7.01. The van der Waals surface area contributed by atoms with Crippen LogP contribution in [0.25, 0.3) is 0 Å². The van der Waals surface area contributed by atoms with Crippen LogP contribution in [0.2, 0.25) is 6.32 Å². The molecule has 8 heteroatoms. The summed E-state index contributed by atoms with van der Waals surface area (Å²) in [5.74, 6) is 0.351. The first kappa shape index (κ1) is 28.5. The van der Waals surface area contributed by atoms with Crippen LogP contribution in [-0.2, 0) is 18.9 Å². The summed E-state index contributed by atoms with van der Waals surface area (Å²) in [5.41, 5.74) is -1.51. The van der Waals surface area contributed by atoms with Crippen molar-refractivity contribution in [1.29, 1.82) is 0 Å². The SMILES string of the molecule is CCCCNC(=O)[C@@]1(NC(C)=O)C[C@H](CCB2OC(C)(C)C(C)(C)O2)CC[C@H]1CN1CCCCC1. The fraction of sp³-hybridized carbons (Fsp3) is 0.926. The predicted molar refractivity (Wildman–Crippen MR) is 141 cm³/mol. The summed E-state index contributed by atoms with van der Waals surface area (Å²) in [6, 6.07) is 0. The molecule has 0 aromatic rings. The van der Waals surface area contributed by atoms with Crippen molar-refractivity contribution >= 4 is 18.9 Å². The minimum Gasteiger partial charge on any atom is -0.403 e. The Kier molecular flexibility index (Phi) is 9.72. The Morgan fingerprint density at radius 2 is 1.69 bits per heavy atom. The monoisotopic (exact) mass is 491 g/mol. The highest BCUT2D eigenvalue weighted by atomic mass is 16.7. The fourth-order valence-corrected chi connectivity index (χ4v) is 6.15. The van der Waals surface area contributed by atoms with Gasteiger partial charge in [-0.05, 0) is 91.5 Å². The van der Waals surface area contributed by atoms with Gasteiger partial charge in [0.2, 0.25) is 11.8 Å². The van der Waals surface area contributed by atoms with Gasteiger partial charge < -0.3 is 24.8 Å². The molecule has 2 saturated heterocycles. The molecule has 0 bridgehead atoms. The summed E-state index contributed by atoms with van der Waals surface area (Å²) in [6.07, 6.45) is 10.1. The average Bonchev–Trinajstić information content (AvgIpc) is 3.00. The van der Waals surface area contributed by atoms with E-state index in [-0.39, 0.29) is 36.1 Å². The predicted octanol–water partition coefficient (Wildman–Crippen LogP) is 4.16. The molecule has 35 heavy (non-hydrogen) atoms. The minimum atomic E-state index is -0.851. The van der Waals surface area contributed by atoms with Crippen LogP contribution in [-0.4, -0.2) is 66.8 Å². The molecule has 0 aromatic carbocycles. The maximum Gasteiger partial charge on any atom is 0.457 e. The number of hydrogen-bond donors (Lipinski definition) is 2. The zero-order valence-corrected chi connectivity index (χ0v) is 23.2. The number of nitrogens with zero attached hydrogens (tertiary/aromatic N) is 1. The van der Waals surface area contributed by atoms with Gasteiger partial charge in [0.15, 0.2) is 0 Å². The lowest BCUT2D eigenvalue weighted by Crippen LogP contribution is -2.66. The molecule has 1 saturated carbocycles. The van der Waals surface area contributed by atoms with Gasteiger partial charge in [-0.3, -0.25) is 9.59 Å². The van der Waals surface area contributed by atoms with E-state index < -0.39 is 5.54 Å². The summed E-state index contributed by atoms with van der Waals surface area (Å²) < 4.78 is 12.5. The van der Waals surface area contributed by atoms with Crippen molar-refractivity contribution in [2.24, 2.45) is 11.8 Å². The van der Waals surface area contributed by atoms with E-state index in [1.807, 2.05) is 0 Å². The van der Waals surface area contributed by atoms with Crippen molar-refractivity contribution in [1.82, 2.24) is 15.5 Å². The first-order valence-electron chi connectivity index (χ1n) is 14.1. The molecule has 3 rings (SSSR count). The number of carbonyl (C=O) groups excluding carboxylic acids is 2. The average molecular weight is 492 g/mol. The van der Waals surface area contributed by atoms with Gasteiger partial charge in [-0.2, -0.15) is 0 Å². The maximum atomic E-state index is 13.8. The summed E-state index contributed by atoms with van der Waals surface area (Å²) in [6.45, 7) is 15.7. The molecule has 0 radical (unpaired) electrons. The van der Waals surface area contributed by atoms with Crippen LogP contribution in [0.5, 0.6) is 0 Å². The number of hydrogen-bond acceptors (Lipinski definition) is 5. The van der Waals surface area contributed by atoms with E-state index in [1.165, 1.54) is 19.3 Å². The van der Waals surface area contributed by atoms with Crippen LogP contribution in [0, 0.1) is 11.8 Å². The summed E-state index contributed by atoms with van der Waals surface area (Å²) >= 11 is 0. The van der Waals surface area contributed by atoms with E-state index in [4.69, 9.17) is 9.31 Å². The standard InChI is InChI=1S/C27H50BN3O4/c1-7-8-16-29-24(33)27(30-21(2)32)19-22(12-13-23(27)20-31-17-10-9-11-18-31)14-15-28-34-25(3,4)26(5,6)35-28/h22-23H,7-20H2,1-6H3,(H,29,33)(H,30,32)/t22-,23-,27+/m0/s1. The number of amides is 2. The molecule has 1 aliphatic carbocycles.